The Balaban J connectivity index is 1.43. The van der Waals surface area contributed by atoms with Gasteiger partial charge >= 0.3 is 5.97 Å². The second-order valence-electron chi connectivity index (χ2n) is 7.73. The van der Waals surface area contributed by atoms with Gasteiger partial charge in [-0.05, 0) is 42.8 Å². The summed E-state index contributed by atoms with van der Waals surface area (Å²) in [6, 6.07) is 14.9. The van der Waals surface area contributed by atoms with Crippen molar-refractivity contribution in [2.24, 2.45) is 0 Å². The van der Waals surface area contributed by atoms with Gasteiger partial charge in [0.05, 0.1) is 45.5 Å². The van der Waals surface area contributed by atoms with Gasteiger partial charge in [0, 0.05) is 17.4 Å². The van der Waals surface area contributed by atoms with E-state index in [1.54, 1.807) is 31.4 Å². The number of esters is 1. The van der Waals surface area contributed by atoms with Gasteiger partial charge in [0.25, 0.3) is 5.91 Å². The third-order valence-electron chi connectivity index (χ3n) is 5.43. The van der Waals surface area contributed by atoms with Crippen molar-refractivity contribution in [1.82, 2.24) is 0 Å². The predicted molar refractivity (Wildman–Crippen MR) is 121 cm³/mol. The first-order valence-corrected chi connectivity index (χ1v) is 10.9. The van der Waals surface area contributed by atoms with Gasteiger partial charge in [-0.2, -0.15) is 0 Å². The van der Waals surface area contributed by atoms with Crippen LogP contribution in [0.2, 0.25) is 0 Å². The number of unbranched alkanes of at least 4 members (excludes halogenated alkanes) is 1. The average molecular weight is 427 g/mol. The van der Waals surface area contributed by atoms with Gasteiger partial charge in [0.15, 0.2) is 6.54 Å². The molecule has 0 spiro atoms. The van der Waals surface area contributed by atoms with E-state index in [-0.39, 0.29) is 11.9 Å². The van der Waals surface area contributed by atoms with E-state index in [0.29, 0.717) is 24.4 Å². The van der Waals surface area contributed by atoms with Gasteiger partial charge in [-0.25, -0.2) is 4.79 Å². The van der Waals surface area contributed by atoms with Crippen LogP contribution in [0, 0.1) is 0 Å². The summed E-state index contributed by atoms with van der Waals surface area (Å²) in [6.45, 7) is 6.48. The van der Waals surface area contributed by atoms with Gasteiger partial charge in [-0.3, -0.25) is 4.79 Å². The highest BCUT2D eigenvalue weighted by molar-refractivity contribution is 5.93. The van der Waals surface area contributed by atoms with Crippen molar-refractivity contribution in [3.05, 3.63) is 54.1 Å². The number of hydrogen-bond donors (Lipinski definition) is 2. The topological polar surface area (TPSA) is 72.3 Å². The molecule has 31 heavy (non-hydrogen) atoms. The molecule has 3 rings (SSSR count). The number of piperazine rings is 1. The Morgan fingerprint density at radius 3 is 2.52 bits per heavy atom. The average Bonchev–Trinajstić information content (AvgIpc) is 2.80. The summed E-state index contributed by atoms with van der Waals surface area (Å²) < 4.78 is 10.5. The summed E-state index contributed by atoms with van der Waals surface area (Å²) in [5.41, 5.74) is 2.33. The van der Waals surface area contributed by atoms with Crippen molar-refractivity contribution in [2.75, 3.05) is 56.7 Å². The minimum Gasteiger partial charge on any atom is -0.497 e. The second-order valence-corrected chi connectivity index (χ2v) is 7.73. The standard InChI is InChI=1S/C24H31N3O4/c1-3-4-16-31-24(29)19-8-10-20(11-9-19)25-23(28)18-26-12-14-27(15-13-26)21-6-5-7-22(17-21)30-2/h5-11,17H,3-4,12-16,18H2,1-2H3,(H,25,28)/p+1. The molecule has 1 fully saturated rings. The fourth-order valence-electron chi connectivity index (χ4n) is 3.58. The van der Waals surface area contributed by atoms with E-state index in [0.717, 1.165) is 50.5 Å². The zero-order valence-corrected chi connectivity index (χ0v) is 18.4. The lowest BCUT2D eigenvalue weighted by molar-refractivity contribution is -0.892. The lowest BCUT2D eigenvalue weighted by Gasteiger charge is -2.33. The van der Waals surface area contributed by atoms with Crippen LogP contribution in [0.5, 0.6) is 5.75 Å². The van der Waals surface area contributed by atoms with Crippen molar-refractivity contribution in [3.8, 4) is 5.75 Å². The largest absolute Gasteiger partial charge is 0.497 e. The van der Waals surface area contributed by atoms with Crippen LogP contribution in [0.3, 0.4) is 0 Å². The maximum Gasteiger partial charge on any atom is 0.338 e. The van der Waals surface area contributed by atoms with Gasteiger partial charge in [0.1, 0.15) is 5.75 Å². The van der Waals surface area contributed by atoms with E-state index < -0.39 is 0 Å². The highest BCUT2D eigenvalue weighted by atomic mass is 16.5. The van der Waals surface area contributed by atoms with E-state index in [2.05, 4.69) is 16.3 Å². The number of nitrogens with one attached hydrogen (secondary N) is 2. The number of ether oxygens (including phenoxy) is 2. The van der Waals surface area contributed by atoms with Crippen molar-refractivity contribution < 1.29 is 24.0 Å². The van der Waals surface area contributed by atoms with E-state index in [9.17, 15) is 9.59 Å². The molecule has 0 saturated carbocycles. The molecule has 166 valence electrons. The summed E-state index contributed by atoms with van der Waals surface area (Å²) in [7, 11) is 1.67. The zero-order valence-electron chi connectivity index (χ0n) is 18.4. The Hall–Kier alpha value is -3.06. The van der Waals surface area contributed by atoms with Crippen molar-refractivity contribution >= 4 is 23.3 Å². The fraction of sp³-hybridized carbons (Fsp3) is 0.417. The molecule has 7 heteroatoms. The summed E-state index contributed by atoms with van der Waals surface area (Å²) in [5, 5.41) is 2.92. The Morgan fingerprint density at radius 1 is 1.10 bits per heavy atom. The lowest BCUT2D eigenvalue weighted by Crippen LogP contribution is -3.15. The second kappa shape index (κ2) is 11.4. The number of anilines is 2. The highest BCUT2D eigenvalue weighted by Crippen LogP contribution is 2.20. The number of benzene rings is 2. The summed E-state index contributed by atoms with van der Waals surface area (Å²) in [6.07, 6.45) is 1.84. The van der Waals surface area contributed by atoms with Gasteiger partial charge < -0.3 is 24.6 Å². The quantitative estimate of drug-likeness (QED) is 0.474. The molecule has 1 aliphatic heterocycles. The normalized spacial score (nSPS) is 14.2. The molecule has 0 aromatic heterocycles. The van der Waals surface area contributed by atoms with Gasteiger partial charge in [0.2, 0.25) is 0 Å². The molecule has 2 N–H and O–H groups in total. The first-order valence-electron chi connectivity index (χ1n) is 10.9. The number of amides is 1. The van der Waals surface area contributed by atoms with Crippen molar-refractivity contribution in [2.45, 2.75) is 19.8 Å². The zero-order chi connectivity index (χ0) is 22.1. The molecule has 1 heterocycles. The third-order valence-corrected chi connectivity index (χ3v) is 5.43. The molecule has 7 nitrogen and oxygen atoms in total. The minimum absolute atomic E-state index is 0.0249. The van der Waals surface area contributed by atoms with Crippen LogP contribution in [0.25, 0.3) is 0 Å². The molecule has 0 radical (unpaired) electrons. The molecule has 1 saturated heterocycles. The number of rotatable bonds is 9. The monoisotopic (exact) mass is 426 g/mol. The van der Waals surface area contributed by atoms with Crippen molar-refractivity contribution in [1.29, 1.82) is 0 Å². The van der Waals surface area contributed by atoms with E-state index >= 15 is 0 Å². The van der Waals surface area contributed by atoms with Gasteiger partial charge in [-0.1, -0.05) is 19.4 Å². The molecule has 1 amide bonds. The molecular weight excluding hydrogens is 394 g/mol. The Morgan fingerprint density at radius 2 is 1.84 bits per heavy atom. The number of carbonyl (C=O) groups excluding carboxylic acids is 2. The van der Waals surface area contributed by atoms with E-state index in [1.165, 1.54) is 4.90 Å². The molecule has 2 aromatic carbocycles. The van der Waals surface area contributed by atoms with E-state index in [1.807, 2.05) is 25.1 Å². The Bertz CT molecular complexity index is 861. The third kappa shape index (κ3) is 6.72. The highest BCUT2D eigenvalue weighted by Gasteiger charge is 2.22. The molecule has 0 atom stereocenters. The summed E-state index contributed by atoms with van der Waals surface area (Å²) in [4.78, 5) is 28.0. The molecule has 0 bridgehead atoms. The van der Waals surface area contributed by atoms with Crippen LogP contribution in [-0.4, -0.2) is 58.3 Å². The maximum atomic E-state index is 12.5. The number of carbonyl (C=O) groups is 2. The molecule has 1 aliphatic rings. The summed E-state index contributed by atoms with van der Waals surface area (Å²) in [5.74, 6) is 0.500. The van der Waals surface area contributed by atoms with Crippen LogP contribution < -0.4 is 19.9 Å². The predicted octanol–water partition coefficient (Wildman–Crippen LogP) is 2.00. The molecule has 0 unspecified atom stereocenters. The number of quaternary nitrogens is 1. The SMILES string of the molecule is CCCCOC(=O)c1ccc(NC(=O)C[NH+]2CCN(c3cccc(OC)c3)CC2)cc1. The Labute approximate surface area is 183 Å². The number of nitrogens with zero attached hydrogens (tertiary/aromatic N) is 1. The molecule has 0 aliphatic carbocycles. The van der Waals surface area contributed by atoms with Crippen LogP contribution in [0.1, 0.15) is 30.1 Å². The fourth-order valence-corrected chi connectivity index (χ4v) is 3.58. The minimum atomic E-state index is -0.329. The maximum absolute atomic E-state index is 12.5. The Kier molecular flexibility index (Phi) is 8.29. The first-order chi connectivity index (χ1) is 15.1. The first kappa shape index (κ1) is 22.6. The van der Waals surface area contributed by atoms with Crippen LogP contribution in [0.15, 0.2) is 48.5 Å². The van der Waals surface area contributed by atoms with Crippen LogP contribution >= 0.6 is 0 Å². The van der Waals surface area contributed by atoms with E-state index in [4.69, 9.17) is 9.47 Å². The van der Waals surface area contributed by atoms with Gasteiger partial charge in [-0.15, -0.1) is 0 Å². The van der Waals surface area contributed by atoms with Crippen LogP contribution in [-0.2, 0) is 9.53 Å². The number of hydrogen-bond acceptors (Lipinski definition) is 5. The number of methoxy groups -OCH3 is 1. The smallest absolute Gasteiger partial charge is 0.338 e. The molecular formula is C24H32N3O4+. The lowest BCUT2D eigenvalue weighted by atomic mass is 10.2. The summed E-state index contributed by atoms with van der Waals surface area (Å²) >= 11 is 0. The van der Waals surface area contributed by atoms with Crippen molar-refractivity contribution in [3.63, 3.8) is 0 Å². The van der Waals surface area contributed by atoms with Crippen LogP contribution in [0.4, 0.5) is 11.4 Å². The molecule has 2 aromatic rings.